The molecule has 0 spiro atoms. The average molecular weight is 264 g/mol. The lowest BCUT2D eigenvalue weighted by atomic mass is 10.0. The minimum atomic E-state index is -0.286. The summed E-state index contributed by atoms with van der Waals surface area (Å²) in [5.41, 5.74) is 1.49. The van der Waals surface area contributed by atoms with Crippen LogP contribution in [0.2, 0.25) is 0 Å². The van der Waals surface area contributed by atoms with Crippen LogP contribution in [-0.2, 0) is 0 Å². The highest BCUT2D eigenvalue weighted by Gasteiger charge is 2.05. The molecule has 0 aliphatic heterocycles. The molecular formula is C12H7BrFN. The predicted octanol–water partition coefficient (Wildman–Crippen LogP) is 3.92. The smallest absolute Gasteiger partial charge is 0.138 e. The predicted molar refractivity (Wildman–Crippen MR) is 61.1 cm³/mol. The first-order chi connectivity index (χ1) is 7.11. The Balaban J connectivity index is 2.84. The van der Waals surface area contributed by atoms with Gasteiger partial charge in [-0.1, -0.05) is 6.07 Å². The summed E-state index contributed by atoms with van der Waals surface area (Å²) < 4.78 is 13.7. The van der Waals surface area contributed by atoms with Crippen LogP contribution in [0.5, 0.6) is 0 Å². The number of halogens is 2. The SMILES string of the molecule is Cc1cc2cc(F)c(Br)cc2cc1C#N. The zero-order valence-electron chi connectivity index (χ0n) is 8.01. The lowest BCUT2D eigenvalue weighted by Crippen LogP contribution is -1.85. The van der Waals surface area contributed by atoms with E-state index in [1.54, 1.807) is 12.1 Å². The van der Waals surface area contributed by atoms with Gasteiger partial charge in [0.05, 0.1) is 16.1 Å². The van der Waals surface area contributed by atoms with Gasteiger partial charge >= 0.3 is 0 Å². The first kappa shape index (κ1) is 10.1. The molecule has 1 nitrogen and oxygen atoms in total. The molecule has 2 aromatic rings. The Morgan fingerprint density at radius 3 is 2.53 bits per heavy atom. The molecule has 0 heterocycles. The van der Waals surface area contributed by atoms with Crippen LogP contribution in [-0.4, -0.2) is 0 Å². The molecule has 0 bridgehead atoms. The van der Waals surface area contributed by atoms with E-state index in [1.807, 2.05) is 13.0 Å². The van der Waals surface area contributed by atoms with Crippen LogP contribution in [0.4, 0.5) is 4.39 Å². The maximum Gasteiger partial charge on any atom is 0.138 e. The van der Waals surface area contributed by atoms with Crippen molar-refractivity contribution in [1.29, 1.82) is 5.26 Å². The first-order valence-corrected chi connectivity index (χ1v) is 5.20. The van der Waals surface area contributed by atoms with E-state index < -0.39 is 0 Å². The van der Waals surface area contributed by atoms with E-state index in [0.717, 1.165) is 16.3 Å². The molecule has 0 unspecified atom stereocenters. The van der Waals surface area contributed by atoms with Crippen molar-refractivity contribution in [3.63, 3.8) is 0 Å². The highest BCUT2D eigenvalue weighted by molar-refractivity contribution is 9.10. The fourth-order valence-electron chi connectivity index (χ4n) is 1.53. The summed E-state index contributed by atoms with van der Waals surface area (Å²) in [5, 5.41) is 10.5. The van der Waals surface area contributed by atoms with Gasteiger partial charge < -0.3 is 0 Å². The van der Waals surface area contributed by atoms with Crippen molar-refractivity contribution in [3.8, 4) is 6.07 Å². The van der Waals surface area contributed by atoms with Gasteiger partial charge in [0, 0.05) is 0 Å². The molecule has 3 heteroatoms. The number of hydrogen-bond donors (Lipinski definition) is 0. The molecule has 0 aromatic heterocycles. The summed E-state index contributed by atoms with van der Waals surface area (Å²) in [7, 11) is 0. The maximum atomic E-state index is 13.3. The van der Waals surface area contributed by atoms with Crippen molar-refractivity contribution in [2.45, 2.75) is 6.92 Å². The van der Waals surface area contributed by atoms with Gasteiger partial charge in [-0.05, 0) is 57.4 Å². The molecule has 2 rings (SSSR count). The fourth-order valence-corrected chi connectivity index (χ4v) is 1.89. The zero-order chi connectivity index (χ0) is 11.0. The van der Waals surface area contributed by atoms with Gasteiger partial charge in [0.15, 0.2) is 0 Å². The van der Waals surface area contributed by atoms with Crippen molar-refractivity contribution in [3.05, 3.63) is 45.7 Å². The monoisotopic (exact) mass is 263 g/mol. The van der Waals surface area contributed by atoms with Gasteiger partial charge in [-0.3, -0.25) is 0 Å². The normalized spacial score (nSPS) is 10.3. The summed E-state index contributed by atoms with van der Waals surface area (Å²) in [6, 6.07) is 8.86. The van der Waals surface area contributed by atoms with Crippen LogP contribution in [0.15, 0.2) is 28.7 Å². The molecule has 0 aliphatic rings. The molecule has 0 saturated carbocycles. The third-order valence-corrected chi connectivity index (χ3v) is 2.95. The van der Waals surface area contributed by atoms with Crippen molar-refractivity contribution < 1.29 is 4.39 Å². The zero-order valence-corrected chi connectivity index (χ0v) is 9.60. The molecule has 15 heavy (non-hydrogen) atoms. The largest absolute Gasteiger partial charge is 0.206 e. The van der Waals surface area contributed by atoms with Gasteiger partial charge in [-0.25, -0.2) is 4.39 Å². The quantitative estimate of drug-likeness (QED) is 0.707. The Kier molecular flexibility index (Phi) is 2.45. The van der Waals surface area contributed by atoms with E-state index in [-0.39, 0.29) is 5.82 Å². The Morgan fingerprint density at radius 1 is 1.20 bits per heavy atom. The number of fused-ring (bicyclic) bond motifs is 1. The number of hydrogen-bond acceptors (Lipinski definition) is 1. The van der Waals surface area contributed by atoms with Gasteiger partial charge in [0.1, 0.15) is 5.82 Å². The van der Waals surface area contributed by atoms with Gasteiger partial charge in [-0.2, -0.15) is 5.26 Å². The second kappa shape index (κ2) is 3.63. The van der Waals surface area contributed by atoms with Crippen LogP contribution < -0.4 is 0 Å². The van der Waals surface area contributed by atoms with Gasteiger partial charge in [0.2, 0.25) is 0 Å². The summed E-state index contributed by atoms with van der Waals surface area (Å²) in [5.74, 6) is -0.286. The summed E-state index contributed by atoms with van der Waals surface area (Å²) in [6.07, 6.45) is 0. The third kappa shape index (κ3) is 1.73. The van der Waals surface area contributed by atoms with Crippen LogP contribution in [0.1, 0.15) is 11.1 Å². The minimum Gasteiger partial charge on any atom is -0.206 e. The molecule has 74 valence electrons. The van der Waals surface area contributed by atoms with Crippen LogP contribution in [0, 0.1) is 24.1 Å². The third-order valence-electron chi connectivity index (χ3n) is 2.34. The number of nitriles is 1. The van der Waals surface area contributed by atoms with Crippen molar-refractivity contribution >= 4 is 26.7 Å². The van der Waals surface area contributed by atoms with Crippen LogP contribution >= 0.6 is 15.9 Å². The number of nitrogens with zero attached hydrogens (tertiary/aromatic N) is 1. The number of benzene rings is 2. The summed E-state index contributed by atoms with van der Waals surface area (Å²) in [4.78, 5) is 0. The van der Waals surface area contributed by atoms with Crippen LogP contribution in [0.3, 0.4) is 0 Å². The van der Waals surface area contributed by atoms with E-state index >= 15 is 0 Å². The van der Waals surface area contributed by atoms with Gasteiger partial charge in [-0.15, -0.1) is 0 Å². The topological polar surface area (TPSA) is 23.8 Å². The lowest BCUT2D eigenvalue weighted by molar-refractivity contribution is 0.623. The second-order valence-corrected chi connectivity index (χ2v) is 4.25. The highest BCUT2D eigenvalue weighted by Crippen LogP contribution is 2.25. The molecule has 0 N–H and O–H groups in total. The minimum absolute atomic E-state index is 0.286. The fraction of sp³-hybridized carbons (Fsp3) is 0.0833. The van der Waals surface area contributed by atoms with Crippen molar-refractivity contribution in [2.75, 3.05) is 0 Å². The van der Waals surface area contributed by atoms with Gasteiger partial charge in [0.25, 0.3) is 0 Å². The summed E-state index contributed by atoms with van der Waals surface area (Å²) >= 11 is 3.12. The Labute approximate surface area is 95.3 Å². The van der Waals surface area contributed by atoms with Crippen molar-refractivity contribution in [2.24, 2.45) is 0 Å². The van der Waals surface area contributed by atoms with Crippen LogP contribution in [0.25, 0.3) is 10.8 Å². The van der Waals surface area contributed by atoms with E-state index in [9.17, 15) is 4.39 Å². The molecule has 0 atom stereocenters. The van der Waals surface area contributed by atoms with Crippen molar-refractivity contribution in [1.82, 2.24) is 0 Å². The molecule has 0 radical (unpaired) electrons. The average Bonchev–Trinajstić information content (AvgIpc) is 2.20. The van der Waals surface area contributed by atoms with E-state index in [1.165, 1.54) is 6.07 Å². The second-order valence-electron chi connectivity index (χ2n) is 3.39. The van der Waals surface area contributed by atoms with E-state index in [4.69, 9.17) is 5.26 Å². The summed E-state index contributed by atoms with van der Waals surface area (Å²) in [6.45, 7) is 1.85. The Bertz CT molecular complexity index is 584. The Hall–Kier alpha value is -1.40. The molecule has 0 fully saturated rings. The van der Waals surface area contributed by atoms with E-state index in [2.05, 4.69) is 22.0 Å². The molecule has 0 saturated heterocycles. The number of aryl methyl sites for hydroxylation is 1. The highest BCUT2D eigenvalue weighted by atomic mass is 79.9. The Morgan fingerprint density at radius 2 is 1.87 bits per heavy atom. The standard InChI is InChI=1S/C12H7BrFN/c1-7-2-8-5-12(14)11(13)4-9(8)3-10(7)6-15/h2-5H,1H3. The molecular weight excluding hydrogens is 257 g/mol. The maximum absolute atomic E-state index is 13.3. The lowest BCUT2D eigenvalue weighted by Gasteiger charge is -2.03. The number of rotatable bonds is 0. The first-order valence-electron chi connectivity index (χ1n) is 4.41. The molecule has 0 amide bonds. The molecule has 2 aromatic carbocycles. The molecule has 0 aliphatic carbocycles. The van der Waals surface area contributed by atoms with E-state index in [0.29, 0.717) is 10.0 Å².